The van der Waals surface area contributed by atoms with E-state index >= 15 is 0 Å². The number of hydrogen-bond donors (Lipinski definition) is 2. The minimum absolute atomic E-state index is 0.339. The molecule has 0 bridgehead atoms. The van der Waals surface area contributed by atoms with E-state index in [1.807, 2.05) is 51.1 Å². The first-order valence-corrected chi connectivity index (χ1v) is 7.01. The van der Waals surface area contributed by atoms with Gasteiger partial charge in [0.1, 0.15) is 5.60 Å². The molecule has 4 heteroatoms. The Morgan fingerprint density at radius 1 is 1.35 bits per heavy atom. The minimum atomic E-state index is -0.514. The summed E-state index contributed by atoms with van der Waals surface area (Å²) in [5.74, 6) is 0. The van der Waals surface area contributed by atoms with Crippen LogP contribution in [0.25, 0.3) is 0 Å². The van der Waals surface area contributed by atoms with Gasteiger partial charge in [-0.05, 0) is 45.6 Å². The molecule has 110 valence electrons. The van der Waals surface area contributed by atoms with Crippen LogP contribution in [0, 0.1) is 0 Å². The fraction of sp³-hybridized carbons (Fsp3) is 0.562. The van der Waals surface area contributed by atoms with Crippen LogP contribution in [0.1, 0.15) is 39.2 Å². The predicted molar refractivity (Wildman–Crippen MR) is 77.5 cm³/mol. The van der Waals surface area contributed by atoms with Gasteiger partial charge in [0.25, 0.3) is 0 Å². The van der Waals surface area contributed by atoms with Crippen LogP contribution in [0.5, 0.6) is 0 Å². The van der Waals surface area contributed by atoms with Gasteiger partial charge in [0.05, 0.1) is 11.6 Å². The van der Waals surface area contributed by atoms with Gasteiger partial charge in [-0.25, -0.2) is 4.79 Å². The fourth-order valence-corrected chi connectivity index (χ4v) is 2.64. The zero-order valence-electron chi connectivity index (χ0n) is 12.3. The molecule has 2 N–H and O–H groups in total. The quantitative estimate of drug-likeness (QED) is 0.893. The second kappa shape index (κ2) is 5.44. The van der Waals surface area contributed by atoms with E-state index in [0.717, 1.165) is 5.56 Å². The topological polar surface area (TPSA) is 58.6 Å². The highest BCUT2D eigenvalue weighted by Crippen LogP contribution is 2.35. The van der Waals surface area contributed by atoms with E-state index in [0.29, 0.717) is 19.3 Å². The van der Waals surface area contributed by atoms with Crippen LogP contribution < -0.4 is 5.32 Å². The zero-order chi connectivity index (χ0) is 14.8. The second-order valence-electron chi connectivity index (χ2n) is 6.63. The first-order chi connectivity index (χ1) is 9.28. The smallest absolute Gasteiger partial charge is 0.408 e. The van der Waals surface area contributed by atoms with E-state index < -0.39 is 11.7 Å². The summed E-state index contributed by atoms with van der Waals surface area (Å²) >= 11 is 0. The van der Waals surface area contributed by atoms with Gasteiger partial charge in [0.15, 0.2) is 0 Å². The summed E-state index contributed by atoms with van der Waals surface area (Å²) in [5.41, 5.74) is 0.249. The number of alkyl carbamates (subject to hydrolysis) is 1. The van der Waals surface area contributed by atoms with Crippen LogP contribution in [0.15, 0.2) is 30.3 Å². The van der Waals surface area contributed by atoms with Crippen molar-refractivity contribution in [3.05, 3.63) is 35.9 Å². The monoisotopic (exact) mass is 277 g/mol. The van der Waals surface area contributed by atoms with Crippen LogP contribution in [-0.2, 0) is 11.2 Å². The number of nitrogens with one attached hydrogen (secondary N) is 1. The van der Waals surface area contributed by atoms with Gasteiger partial charge in [-0.1, -0.05) is 30.3 Å². The van der Waals surface area contributed by atoms with E-state index in [-0.39, 0.29) is 11.6 Å². The molecule has 0 heterocycles. The van der Waals surface area contributed by atoms with Gasteiger partial charge in [-0.3, -0.25) is 0 Å². The number of aliphatic hydroxyl groups is 1. The summed E-state index contributed by atoms with van der Waals surface area (Å²) < 4.78 is 5.31. The third-order valence-electron chi connectivity index (χ3n) is 3.40. The van der Waals surface area contributed by atoms with Gasteiger partial charge in [0.2, 0.25) is 0 Å². The Morgan fingerprint density at radius 2 is 1.95 bits per heavy atom. The van der Waals surface area contributed by atoms with Crippen molar-refractivity contribution in [2.45, 2.75) is 57.3 Å². The lowest BCUT2D eigenvalue weighted by Gasteiger charge is -2.46. The number of carbonyl (C=O) groups is 1. The molecular weight excluding hydrogens is 254 g/mol. The molecule has 0 aromatic heterocycles. The lowest BCUT2D eigenvalue weighted by Crippen LogP contribution is -2.61. The number of amides is 1. The molecule has 0 saturated heterocycles. The summed E-state index contributed by atoms with van der Waals surface area (Å²) in [6.07, 6.45) is 1.10. The Bertz CT molecular complexity index is 458. The highest BCUT2D eigenvalue weighted by Gasteiger charge is 2.45. The Kier molecular flexibility index (Phi) is 4.04. The number of hydrogen-bond acceptors (Lipinski definition) is 3. The van der Waals surface area contributed by atoms with E-state index in [2.05, 4.69) is 5.32 Å². The van der Waals surface area contributed by atoms with Gasteiger partial charge in [0, 0.05) is 0 Å². The SMILES string of the molecule is CC(C)(C)OC(=O)NC1(Cc2ccccc2)CC(O)C1. The van der Waals surface area contributed by atoms with E-state index in [1.54, 1.807) is 0 Å². The van der Waals surface area contributed by atoms with Crippen molar-refractivity contribution in [2.75, 3.05) is 0 Å². The van der Waals surface area contributed by atoms with Gasteiger partial charge < -0.3 is 15.2 Å². The number of rotatable bonds is 3. The van der Waals surface area contributed by atoms with Crippen molar-refractivity contribution in [1.82, 2.24) is 5.32 Å². The summed E-state index contributed by atoms with van der Waals surface area (Å²) in [6.45, 7) is 5.52. The lowest BCUT2D eigenvalue weighted by molar-refractivity contribution is -0.00982. The van der Waals surface area contributed by atoms with Crippen LogP contribution in [0.2, 0.25) is 0 Å². The Hall–Kier alpha value is -1.55. The number of benzene rings is 1. The van der Waals surface area contributed by atoms with Crippen molar-refractivity contribution in [3.8, 4) is 0 Å². The molecular formula is C16H23NO3. The standard InChI is InChI=1S/C16H23NO3/c1-15(2,3)20-14(19)17-16(10-13(18)11-16)9-12-7-5-4-6-8-12/h4-8,13,18H,9-11H2,1-3H3,(H,17,19). The van der Waals surface area contributed by atoms with Crippen LogP contribution >= 0.6 is 0 Å². The highest BCUT2D eigenvalue weighted by molar-refractivity contribution is 5.69. The van der Waals surface area contributed by atoms with Crippen molar-refractivity contribution >= 4 is 6.09 Å². The fourth-order valence-electron chi connectivity index (χ4n) is 2.64. The van der Waals surface area contributed by atoms with Gasteiger partial charge in [-0.15, -0.1) is 0 Å². The first-order valence-electron chi connectivity index (χ1n) is 7.01. The Morgan fingerprint density at radius 3 is 2.45 bits per heavy atom. The summed E-state index contributed by atoms with van der Waals surface area (Å²) in [7, 11) is 0. The lowest BCUT2D eigenvalue weighted by atomic mass is 9.70. The van der Waals surface area contributed by atoms with Gasteiger partial charge in [-0.2, -0.15) is 0 Å². The van der Waals surface area contributed by atoms with Crippen molar-refractivity contribution in [3.63, 3.8) is 0 Å². The molecule has 1 aliphatic rings. The maximum Gasteiger partial charge on any atom is 0.408 e. The van der Waals surface area contributed by atoms with Crippen LogP contribution in [0.4, 0.5) is 4.79 Å². The Labute approximate surface area is 120 Å². The molecule has 0 radical (unpaired) electrons. The van der Waals surface area contributed by atoms with Crippen LogP contribution in [0.3, 0.4) is 0 Å². The molecule has 1 aliphatic carbocycles. The molecule has 1 aromatic rings. The molecule has 1 aromatic carbocycles. The average molecular weight is 277 g/mol. The summed E-state index contributed by atoms with van der Waals surface area (Å²) in [4.78, 5) is 11.9. The largest absolute Gasteiger partial charge is 0.444 e. The maximum absolute atomic E-state index is 11.9. The Balaban J connectivity index is 2.01. The molecule has 1 fully saturated rings. The third kappa shape index (κ3) is 3.97. The van der Waals surface area contributed by atoms with Crippen LogP contribution in [-0.4, -0.2) is 28.4 Å². The zero-order valence-corrected chi connectivity index (χ0v) is 12.3. The van der Waals surface area contributed by atoms with Gasteiger partial charge >= 0.3 is 6.09 Å². The minimum Gasteiger partial charge on any atom is -0.444 e. The second-order valence-corrected chi connectivity index (χ2v) is 6.63. The molecule has 1 saturated carbocycles. The molecule has 0 atom stereocenters. The number of carbonyl (C=O) groups excluding carboxylic acids is 1. The van der Waals surface area contributed by atoms with E-state index in [4.69, 9.17) is 4.74 Å². The molecule has 0 aliphatic heterocycles. The molecule has 0 spiro atoms. The highest BCUT2D eigenvalue weighted by atomic mass is 16.6. The molecule has 20 heavy (non-hydrogen) atoms. The van der Waals surface area contributed by atoms with Crippen molar-refractivity contribution in [1.29, 1.82) is 0 Å². The predicted octanol–water partition coefficient (Wildman–Crippen LogP) is 2.65. The number of ether oxygens (including phenoxy) is 1. The maximum atomic E-state index is 11.9. The van der Waals surface area contributed by atoms with E-state index in [9.17, 15) is 9.90 Å². The normalized spacial score (nSPS) is 25.7. The first kappa shape index (κ1) is 14.9. The van der Waals surface area contributed by atoms with Crippen molar-refractivity contribution in [2.24, 2.45) is 0 Å². The molecule has 4 nitrogen and oxygen atoms in total. The van der Waals surface area contributed by atoms with E-state index in [1.165, 1.54) is 0 Å². The third-order valence-corrected chi connectivity index (χ3v) is 3.40. The molecule has 2 rings (SSSR count). The molecule has 1 amide bonds. The average Bonchev–Trinajstić information content (AvgIpc) is 2.25. The number of aliphatic hydroxyl groups excluding tert-OH is 1. The summed E-state index contributed by atoms with van der Waals surface area (Å²) in [5, 5.41) is 12.6. The summed E-state index contributed by atoms with van der Waals surface area (Å²) in [6, 6.07) is 9.98. The molecule has 0 unspecified atom stereocenters. The van der Waals surface area contributed by atoms with Crippen molar-refractivity contribution < 1.29 is 14.6 Å².